The summed E-state index contributed by atoms with van der Waals surface area (Å²) in [7, 11) is 0. The van der Waals surface area contributed by atoms with Crippen LogP contribution in [0.2, 0.25) is 0 Å². The van der Waals surface area contributed by atoms with Gasteiger partial charge in [0.05, 0.1) is 5.56 Å². The SMILES string of the molecule is c1ccc(-c2cc(-c3ccc(-c4nc(-c5ccc(-c6ccc7ccccc7c6)cc5)nc(-c5cccc6c5oc5ccccc56)n4)c4ccccc34)cc3ccccc23)cc1. The van der Waals surface area contributed by atoms with Crippen LogP contribution in [0.15, 0.2) is 217 Å². The van der Waals surface area contributed by atoms with E-state index in [9.17, 15) is 0 Å². The first-order valence-corrected chi connectivity index (χ1v) is 20.6. The Kier molecular flexibility index (Phi) is 8.13. The van der Waals surface area contributed by atoms with Gasteiger partial charge in [0.15, 0.2) is 17.5 Å². The van der Waals surface area contributed by atoms with E-state index < -0.39 is 0 Å². The average Bonchev–Trinajstić information content (AvgIpc) is 3.72. The minimum Gasteiger partial charge on any atom is -0.455 e. The van der Waals surface area contributed by atoms with Crippen LogP contribution in [-0.4, -0.2) is 15.0 Å². The monoisotopic (exact) mass is 777 g/mol. The maximum Gasteiger partial charge on any atom is 0.167 e. The molecule has 61 heavy (non-hydrogen) atoms. The van der Waals surface area contributed by atoms with Crippen molar-refractivity contribution in [3.63, 3.8) is 0 Å². The van der Waals surface area contributed by atoms with Crippen LogP contribution < -0.4 is 0 Å². The number of para-hydroxylation sites is 2. The van der Waals surface area contributed by atoms with Crippen LogP contribution in [0.1, 0.15) is 0 Å². The number of hydrogen-bond acceptors (Lipinski definition) is 4. The third-order valence-electron chi connectivity index (χ3n) is 11.9. The number of rotatable bonds is 6. The molecule has 0 fully saturated rings. The molecule has 10 aromatic carbocycles. The van der Waals surface area contributed by atoms with Gasteiger partial charge in [-0.25, -0.2) is 15.0 Å². The number of aromatic nitrogens is 3. The summed E-state index contributed by atoms with van der Waals surface area (Å²) in [4.78, 5) is 15.7. The van der Waals surface area contributed by atoms with Crippen molar-refractivity contribution in [3.05, 3.63) is 212 Å². The molecule has 0 atom stereocenters. The van der Waals surface area contributed by atoms with Crippen LogP contribution >= 0.6 is 0 Å². The summed E-state index contributed by atoms with van der Waals surface area (Å²) in [6, 6.07) is 74.8. The highest BCUT2D eigenvalue weighted by Gasteiger charge is 2.20. The van der Waals surface area contributed by atoms with Gasteiger partial charge in [-0.15, -0.1) is 0 Å². The lowest BCUT2D eigenvalue weighted by Gasteiger charge is -2.15. The van der Waals surface area contributed by atoms with Gasteiger partial charge in [-0.3, -0.25) is 0 Å². The van der Waals surface area contributed by atoms with E-state index in [-0.39, 0.29) is 0 Å². The fraction of sp³-hybridized carbons (Fsp3) is 0. The molecule has 0 saturated heterocycles. The molecular weight excluding hydrogens is 743 g/mol. The first kappa shape index (κ1) is 34.8. The number of nitrogens with zero attached hydrogens (tertiary/aromatic N) is 3. The second-order valence-electron chi connectivity index (χ2n) is 15.5. The second kappa shape index (κ2) is 14.3. The summed E-state index contributed by atoms with van der Waals surface area (Å²) in [6.07, 6.45) is 0. The van der Waals surface area contributed by atoms with Gasteiger partial charge in [0.25, 0.3) is 0 Å². The predicted molar refractivity (Wildman–Crippen MR) is 252 cm³/mol. The highest BCUT2D eigenvalue weighted by Crippen LogP contribution is 2.41. The van der Waals surface area contributed by atoms with Crippen molar-refractivity contribution in [2.75, 3.05) is 0 Å². The van der Waals surface area contributed by atoms with E-state index in [1.807, 2.05) is 24.3 Å². The molecule has 0 bridgehead atoms. The Bertz CT molecular complexity index is 3650. The Labute approximate surface area is 352 Å². The molecule has 0 spiro atoms. The van der Waals surface area contributed by atoms with Crippen molar-refractivity contribution in [3.8, 4) is 67.5 Å². The highest BCUT2D eigenvalue weighted by atomic mass is 16.3. The zero-order valence-corrected chi connectivity index (χ0v) is 33.0. The minimum absolute atomic E-state index is 0.554. The maximum atomic E-state index is 6.53. The highest BCUT2D eigenvalue weighted by molar-refractivity contribution is 6.10. The molecule has 0 saturated carbocycles. The minimum atomic E-state index is 0.554. The van der Waals surface area contributed by atoms with E-state index in [0.29, 0.717) is 17.5 Å². The average molecular weight is 778 g/mol. The van der Waals surface area contributed by atoms with Crippen LogP contribution in [0.5, 0.6) is 0 Å². The Balaban J connectivity index is 1.04. The molecule has 0 amide bonds. The van der Waals surface area contributed by atoms with Crippen molar-refractivity contribution >= 4 is 54.3 Å². The fourth-order valence-corrected chi connectivity index (χ4v) is 8.92. The van der Waals surface area contributed by atoms with Crippen LogP contribution in [0, 0.1) is 0 Å². The van der Waals surface area contributed by atoms with E-state index in [1.165, 1.54) is 32.7 Å². The summed E-state index contributed by atoms with van der Waals surface area (Å²) in [5, 5.41) is 9.13. The largest absolute Gasteiger partial charge is 0.455 e. The van der Waals surface area contributed by atoms with Gasteiger partial charge >= 0.3 is 0 Å². The number of benzene rings is 10. The lowest BCUT2D eigenvalue weighted by Crippen LogP contribution is -2.01. The molecule has 4 heteroatoms. The molecule has 12 aromatic rings. The Hall–Kier alpha value is -8.21. The molecule has 0 unspecified atom stereocenters. The molecule has 2 aromatic heterocycles. The van der Waals surface area contributed by atoms with E-state index in [2.05, 4.69) is 188 Å². The Morgan fingerprint density at radius 3 is 1.66 bits per heavy atom. The molecular formula is C57H35N3O. The molecule has 2 heterocycles. The van der Waals surface area contributed by atoms with Crippen LogP contribution in [-0.2, 0) is 0 Å². The molecule has 284 valence electrons. The standard InChI is InChI=1S/C57H35N3O/c1-2-14-38(15-3-1)52-35-43(34-42-17-6-7-18-44(42)52)45-31-32-50(47-20-9-8-19-46(45)47)56-58-55(39-28-25-37(26-29-39)41-30-27-36-13-4-5-16-40(36)33-41)59-57(60-56)51-23-12-22-49-48-21-10-11-24-53(48)61-54(49)51/h1-35H. The van der Waals surface area contributed by atoms with Crippen molar-refractivity contribution in [1.29, 1.82) is 0 Å². The van der Waals surface area contributed by atoms with E-state index in [4.69, 9.17) is 19.4 Å². The first-order valence-electron chi connectivity index (χ1n) is 20.6. The van der Waals surface area contributed by atoms with Crippen LogP contribution in [0.4, 0.5) is 0 Å². The van der Waals surface area contributed by atoms with Crippen LogP contribution in [0.25, 0.3) is 122 Å². The van der Waals surface area contributed by atoms with Gasteiger partial charge in [0.2, 0.25) is 0 Å². The smallest absolute Gasteiger partial charge is 0.167 e. The predicted octanol–water partition coefficient (Wildman–Crippen LogP) is 15.2. The molecule has 12 rings (SSSR count). The van der Waals surface area contributed by atoms with Gasteiger partial charge in [0, 0.05) is 21.9 Å². The summed E-state index contributed by atoms with van der Waals surface area (Å²) in [5.74, 6) is 1.74. The zero-order chi connectivity index (χ0) is 40.3. The normalized spacial score (nSPS) is 11.6. The third kappa shape index (κ3) is 6.04. The summed E-state index contributed by atoms with van der Waals surface area (Å²) in [5.41, 5.74) is 11.2. The van der Waals surface area contributed by atoms with Crippen molar-refractivity contribution in [2.24, 2.45) is 0 Å². The van der Waals surface area contributed by atoms with Gasteiger partial charge in [-0.1, -0.05) is 176 Å². The molecule has 4 nitrogen and oxygen atoms in total. The van der Waals surface area contributed by atoms with Gasteiger partial charge in [-0.05, 0) is 102 Å². The summed E-state index contributed by atoms with van der Waals surface area (Å²) in [6.45, 7) is 0. The van der Waals surface area contributed by atoms with Gasteiger partial charge in [0.1, 0.15) is 11.2 Å². The van der Waals surface area contributed by atoms with E-state index in [1.54, 1.807) is 0 Å². The van der Waals surface area contributed by atoms with Gasteiger partial charge < -0.3 is 4.42 Å². The third-order valence-corrected chi connectivity index (χ3v) is 11.9. The van der Waals surface area contributed by atoms with E-state index in [0.717, 1.165) is 71.7 Å². The second-order valence-corrected chi connectivity index (χ2v) is 15.5. The number of fused-ring (bicyclic) bond motifs is 6. The number of furan rings is 1. The summed E-state index contributed by atoms with van der Waals surface area (Å²) < 4.78 is 6.53. The fourth-order valence-electron chi connectivity index (χ4n) is 8.92. The molecule has 0 aliphatic heterocycles. The first-order chi connectivity index (χ1) is 30.2. The maximum absolute atomic E-state index is 6.53. The quantitative estimate of drug-likeness (QED) is 0.169. The van der Waals surface area contributed by atoms with Crippen molar-refractivity contribution in [1.82, 2.24) is 15.0 Å². The zero-order valence-electron chi connectivity index (χ0n) is 33.0. The molecule has 0 aliphatic rings. The lowest BCUT2D eigenvalue weighted by molar-refractivity contribution is 0.669. The summed E-state index contributed by atoms with van der Waals surface area (Å²) >= 11 is 0. The molecule has 0 N–H and O–H groups in total. The Morgan fingerprint density at radius 1 is 0.262 bits per heavy atom. The van der Waals surface area contributed by atoms with Crippen molar-refractivity contribution < 1.29 is 4.42 Å². The molecule has 0 radical (unpaired) electrons. The van der Waals surface area contributed by atoms with Crippen molar-refractivity contribution in [2.45, 2.75) is 0 Å². The lowest BCUT2D eigenvalue weighted by atomic mass is 9.90. The topological polar surface area (TPSA) is 51.8 Å². The van der Waals surface area contributed by atoms with Crippen LogP contribution in [0.3, 0.4) is 0 Å². The number of hydrogen-bond donors (Lipinski definition) is 0. The van der Waals surface area contributed by atoms with Gasteiger partial charge in [-0.2, -0.15) is 0 Å². The van der Waals surface area contributed by atoms with E-state index >= 15 is 0 Å². The molecule has 0 aliphatic carbocycles. The Morgan fingerprint density at radius 2 is 0.836 bits per heavy atom.